The van der Waals surface area contributed by atoms with E-state index >= 15 is 0 Å². The Morgan fingerprint density at radius 2 is 1.70 bits per heavy atom. The quantitative estimate of drug-likeness (QED) is 0.537. The average molecular weight is 293 g/mol. The Hall–Kier alpha value is -2.38. The summed E-state index contributed by atoms with van der Waals surface area (Å²) in [5.41, 5.74) is 0.994. The summed E-state index contributed by atoms with van der Waals surface area (Å²) in [5, 5.41) is 18.7. The standard InChI is InChI=1S/C13H11NO5S/c15-11-4-1-9(13(16)7-11)8-14-10-2-5-12(6-3-10)20(17,18)19/h1-8,15-16H,(H,17,18,19). The minimum atomic E-state index is -4.45. The maximum atomic E-state index is 10.8. The maximum Gasteiger partial charge on any atom is 0.203 e. The number of hydrogen-bond acceptors (Lipinski definition) is 5. The van der Waals surface area contributed by atoms with E-state index in [0.717, 1.165) is 0 Å². The summed E-state index contributed by atoms with van der Waals surface area (Å²) in [6.45, 7) is 0. The molecule has 0 amide bonds. The molecule has 0 heterocycles. The van der Waals surface area contributed by atoms with Crippen LogP contribution in [0.1, 0.15) is 5.56 Å². The summed E-state index contributed by atoms with van der Waals surface area (Å²) in [7, 11) is -4.45. The Morgan fingerprint density at radius 1 is 1.05 bits per heavy atom. The monoisotopic (exact) mass is 293 g/mol. The molecule has 0 saturated carbocycles. The van der Waals surface area contributed by atoms with E-state index in [1.165, 1.54) is 48.7 Å². The van der Waals surface area contributed by atoms with Crippen molar-refractivity contribution in [3.63, 3.8) is 0 Å². The van der Waals surface area contributed by atoms with Gasteiger partial charge in [0.2, 0.25) is 5.69 Å². The van der Waals surface area contributed by atoms with Crippen LogP contribution in [-0.4, -0.2) is 29.4 Å². The topological polar surface area (TPSA) is 112 Å². The third-order valence-electron chi connectivity index (χ3n) is 2.55. The number of phenolic OH excluding ortho intramolecular Hbond substituents is 2. The minimum Gasteiger partial charge on any atom is -0.744 e. The van der Waals surface area contributed by atoms with Crippen LogP contribution in [0.3, 0.4) is 0 Å². The van der Waals surface area contributed by atoms with E-state index in [4.69, 9.17) is 5.11 Å². The van der Waals surface area contributed by atoms with E-state index < -0.39 is 10.1 Å². The lowest BCUT2D eigenvalue weighted by atomic mass is 10.2. The van der Waals surface area contributed by atoms with Crippen LogP contribution in [0, 0.1) is 0 Å². The number of aromatic hydroxyl groups is 2. The van der Waals surface area contributed by atoms with Crippen LogP contribution in [0.2, 0.25) is 0 Å². The second-order valence-electron chi connectivity index (χ2n) is 4.01. The van der Waals surface area contributed by atoms with Crippen molar-refractivity contribution < 1.29 is 28.2 Å². The normalized spacial score (nSPS) is 11.8. The van der Waals surface area contributed by atoms with Gasteiger partial charge in [-0.3, -0.25) is 0 Å². The summed E-state index contributed by atoms with van der Waals surface area (Å²) in [5.74, 6) is -0.152. The molecule has 6 nitrogen and oxygen atoms in total. The van der Waals surface area contributed by atoms with E-state index in [0.29, 0.717) is 11.3 Å². The number of nitrogens with one attached hydrogen (secondary N) is 1. The first-order valence-corrected chi connectivity index (χ1v) is 6.95. The molecule has 0 fully saturated rings. The second-order valence-corrected chi connectivity index (χ2v) is 5.39. The van der Waals surface area contributed by atoms with Crippen molar-refractivity contribution in [1.82, 2.24) is 0 Å². The fourth-order valence-corrected chi connectivity index (χ4v) is 2.00. The van der Waals surface area contributed by atoms with Crippen LogP contribution < -0.4 is 4.99 Å². The smallest absolute Gasteiger partial charge is 0.203 e. The molecule has 0 bridgehead atoms. The molecule has 0 unspecified atom stereocenters. The lowest BCUT2D eigenvalue weighted by Crippen LogP contribution is -2.61. The maximum absolute atomic E-state index is 10.8. The number of phenols is 2. The van der Waals surface area contributed by atoms with Crippen LogP contribution in [0.15, 0.2) is 47.4 Å². The van der Waals surface area contributed by atoms with E-state index in [9.17, 15) is 18.1 Å². The Balaban J connectivity index is 2.24. The summed E-state index contributed by atoms with van der Waals surface area (Å²) in [6, 6.07) is 9.36. The molecule has 20 heavy (non-hydrogen) atoms. The molecule has 0 aliphatic heterocycles. The van der Waals surface area contributed by atoms with E-state index in [2.05, 4.69) is 4.99 Å². The van der Waals surface area contributed by atoms with Crippen LogP contribution >= 0.6 is 0 Å². The third kappa shape index (κ3) is 3.34. The molecule has 7 heteroatoms. The molecule has 0 radical (unpaired) electrons. The van der Waals surface area contributed by atoms with Gasteiger partial charge in [-0.15, -0.1) is 0 Å². The molecule has 3 N–H and O–H groups in total. The predicted molar refractivity (Wildman–Crippen MR) is 70.0 cm³/mol. The van der Waals surface area contributed by atoms with Crippen LogP contribution in [0.5, 0.6) is 11.5 Å². The summed E-state index contributed by atoms with van der Waals surface area (Å²) >= 11 is 0. The van der Waals surface area contributed by atoms with Crippen molar-refractivity contribution in [3.05, 3.63) is 48.0 Å². The lowest BCUT2D eigenvalue weighted by molar-refractivity contribution is -0.346. The fourth-order valence-electron chi connectivity index (χ4n) is 1.53. The first-order chi connectivity index (χ1) is 9.36. The van der Waals surface area contributed by atoms with Crippen molar-refractivity contribution in [2.24, 2.45) is 0 Å². The summed E-state index contributed by atoms with van der Waals surface area (Å²) < 4.78 is 32.3. The van der Waals surface area contributed by atoms with Crippen molar-refractivity contribution in [2.75, 3.05) is 0 Å². The molecule has 0 aromatic heterocycles. The number of hydrogen-bond donors (Lipinski definition) is 3. The summed E-state index contributed by atoms with van der Waals surface area (Å²) in [4.78, 5) is 2.53. The van der Waals surface area contributed by atoms with Gasteiger partial charge in [-0.1, -0.05) is 0 Å². The highest BCUT2D eigenvalue weighted by molar-refractivity contribution is 7.85. The van der Waals surface area contributed by atoms with Gasteiger partial charge in [0, 0.05) is 18.2 Å². The van der Waals surface area contributed by atoms with Gasteiger partial charge >= 0.3 is 0 Å². The lowest BCUT2D eigenvalue weighted by Gasteiger charge is -2.04. The average Bonchev–Trinajstić information content (AvgIpc) is 2.37. The van der Waals surface area contributed by atoms with Crippen molar-refractivity contribution in [1.29, 1.82) is 0 Å². The highest BCUT2D eigenvalue weighted by Gasteiger charge is 2.04. The van der Waals surface area contributed by atoms with Crippen LogP contribution in [0.25, 0.3) is 0 Å². The molecule has 2 rings (SSSR count). The zero-order valence-electron chi connectivity index (χ0n) is 10.1. The number of benzene rings is 2. The highest BCUT2D eigenvalue weighted by atomic mass is 32.2. The van der Waals surface area contributed by atoms with E-state index in [1.54, 1.807) is 0 Å². The second kappa shape index (κ2) is 5.32. The van der Waals surface area contributed by atoms with Crippen molar-refractivity contribution >= 4 is 22.0 Å². The molecule has 104 valence electrons. The molecule has 0 saturated heterocycles. The highest BCUT2D eigenvalue weighted by Crippen LogP contribution is 2.20. The molecule has 0 spiro atoms. The van der Waals surface area contributed by atoms with Gasteiger partial charge in [0.15, 0.2) is 6.21 Å². The van der Waals surface area contributed by atoms with E-state index in [-0.39, 0.29) is 16.4 Å². The summed E-state index contributed by atoms with van der Waals surface area (Å²) in [6.07, 6.45) is 1.48. The van der Waals surface area contributed by atoms with Gasteiger partial charge in [-0.25, -0.2) is 13.4 Å². The minimum absolute atomic E-state index is 0.0512. The Labute approximate surface area is 115 Å². The van der Waals surface area contributed by atoms with Gasteiger partial charge in [0.1, 0.15) is 21.6 Å². The number of rotatable bonds is 3. The first kappa shape index (κ1) is 14.0. The van der Waals surface area contributed by atoms with Crippen LogP contribution in [-0.2, 0) is 10.1 Å². The fraction of sp³-hybridized carbons (Fsp3) is 0. The Morgan fingerprint density at radius 3 is 2.25 bits per heavy atom. The van der Waals surface area contributed by atoms with Crippen molar-refractivity contribution in [2.45, 2.75) is 4.90 Å². The SMILES string of the molecule is O=S(=O)([O-])c1ccc([NH+]=Cc2ccc(O)cc2O)cc1. The largest absolute Gasteiger partial charge is 0.744 e. The van der Waals surface area contributed by atoms with Gasteiger partial charge < -0.3 is 14.8 Å². The molecule has 2 aromatic carbocycles. The Kier molecular flexibility index (Phi) is 3.73. The van der Waals surface area contributed by atoms with Gasteiger partial charge in [0.25, 0.3) is 0 Å². The van der Waals surface area contributed by atoms with Gasteiger partial charge in [-0.2, -0.15) is 0 Å². The van der Waals surface area contributed by atoms with Crippen LogP contribution in [0.4, 0.5) is 5.69 Å². The third-order valence-corrected chi connectivity index (χ3v) is 3.40. The van der Waals surface area contributed by atoms with Gasteiger partial charge in [-0.05, 0) is 24.3 Å². The molecule has 0 atom stereocenters. The Bertz CT molecular complexity index is 751. The first-order valence-electron chi connectivity index (χ1n) is 5.54. The molecular formula is C13H11NO5S. The van der Waals surface area contributed by atoms with Crippen molar-refractivity contribution in [3.8, 4) is 11.5 Å². The zero-order valence-corrected chi connectivity index (χ0v) is 11.0. The molecule has 0 aliphatic carbocycles. The zero-order chi connectivity index (χ0) is 14.8. The molecule has 0 aliphatic rings. The molecular weight excluding hydrogens is 282 g/mol. The van der Waals surface area contributed by atoms with E-state index in [1.807, 2.05) is 0 Å². The predicted octanol–water partition coefficient (Wildman–Crippen LogP) is -0.167. The molecule has 2 aromatic rings. The van der Waals surface area contributed by atoms with Gasteiger partial charge in [0.05, 0.1) is 10.5 Å².